The number of carbonyl (C=O) groups is 8. The summed E-state index contributed by atoms with van der Waals surface area (Å²) in [5, 5.41) is 20.2. The second kappa shape index (κ2) is 25.6. The fourth-order valence-electron chi connectivity index (χ4n) is 14.8. The van der Waals surface area contributed by atoms with Gasteiger partial charge in [0.25, 0.3) is 35.4 Å². The van der Waals surface area contributed by atoms with E-state index >= 15 is 0 Å². The number of fused-ring (bicyclic) bond motifs is 6. The molecule has 5 N–H and O–H groups in total. The van der Waals surface area contributed by atoms with E-state index in [0.717, 1.165) is 102 Å². The van der Waals surface area contributed by atoms with Gasteiger partial charge < -0.3 is 39.6 Å². The zero-order valence-corrected chi connectivity index (χ0v) is 51.7. The van der Waals surface area contributed by atoms with Gasteiger partial charge in [0.2, 0.25) is 5.91 Å². The standard InChI is InChI=1S/C25H27N3O3.C23H26N4O4.C23H25N3O3/c1-26-22(29)18-8-6-17(7-9-18)16-28-24(31)20-4-2-3-5-21(20)25(28)12-14-27(15-13-25)23(30)19-10-11-19;1-25(2)22(30)26-13-11-23(12-14-26)19-6-4-3-5-18(19)21(29)27(23)15-16-7-9-17(10-8-16)20(28)24-31;27-21(24-29)17-7-5-16(6-8-17)15-26-22(28)19-3-1-2-4-20(19)23(26)11-13-25(14-12-23)18-9-10-18/h2-9,19H,10-16H2,1H3,(H,26,29);3-10,31H,11-15H2,1-2H3,(H,24,28);1-8,18,29H,9-15H2,(H,24,27). The number of nitrogens with one attached hydrogen (secondary N) is 3. The number of hydrogen-bond donors (Lipinski definition) is 5. The van der Waals surface area contributed by atoms with Crippen LogP contribution in [0.5, 0.6) is 0 Å². The Morgan fingerprint density at radius 2 is 0.780 bits per heavy atom. The smallest absolute Gasteiger partial charge is 0.319 e. The van der Waals surface area contributed by atoms with Gasteiger partial charge in [-0.25, -0.2) is 15.8 Å². The van der Waals surface area contributed by atoms with Crippen molar-refractivity contribution < 1.29 is 48.8 Å². The molecule has 6 aromatic carbocycles. The second-order valence-electron chi connectivity index (χ2n) is 25.5. The highest BCUT2D eigenvalue weighted by molar-refractivity contribution is 6.02. The van der Waals surface area contributed by atoms with Crippen molar-refractivity contribution in [1.29, 1.82) is 0 Å². The maximum absolute atomic E-state index is 13.4. The van der Waals surface area contributed by atoms with Gasteiger partial charge in [-0.2, -0.15) is 0 Å². The van der Waals surface area contributed by atoms with Crippen molar-refractivity contribution in [3.05, 3.63) is 212 Å². The summed E-state index contributed by atoms with van der Waals surface area (Å²) < 4.78 is 0. The van der Waals surface area contributed by atoms with Crippen LogP contribution in [0.25, 0.3) is 0 Å². The average Bonchev–Trinajstić information content (AvgIpc) is 1.62. The van der Waals surface area contributed by atoms with Gasteiger partial charge in [0.05, 0.1) is 16.6 Å². The molecule has 0 aromatic heterocycles. The number of likely N-dealkylation sites (tertiary alicyclic amines) is 3. The summed E-state index contributed by atoms with van der Waals surface area (Å²) in [5.41, 5.74) is 11.9. The van der Waals surface area contributed by atoms with Crippen LogP contribution in [0.15, 0.2) is 146 Å². The molecule has 3 saturated heterocycles. The van der Waals surface area contributed by atoms with Crippen molar-refractivity contribution in [2.75, 3.05) is 60.4 Å². The number of benzene rings is 6. The number of urea groups is 1. The van der Waals surface area contributed by atoms with Crippen LogP contribution in [0.2, 0.25) is 0 Å². The van der Waals surface area contributed by atoms with Crippen molar-refractivity contribution in [2.45, 2.75) is 107 Å². The van der Waals surface area contributed by atoms with E-state index in [9.17, 15) is 38.4 Å². The molecule has 6 aromatic rings. The molecule has 0 unspecified atom stereocenters. The van der Waals surface area contributed by atoms with E-state index in [1.54, 1.807) is 85.5 Å². The van der Waals surface area contributed by atoms with Crippen LogP contribution >= 0.6 is 0 Å². The molecule has 3 spiro atoms. The normalized spacial score (nSPS) is 19.0. The van der Waals surface area contributed by atoms with Crippen LogP contribution < -0.4 is 16.3 Å². The molecule has 6 heterocycles. The number of amides is 9. The van der Waals surface area contributed by atoms with Gasteiger partial charge in [0, 0.05) is 125 Å². The predicted molar refractivity (Wildman–Crippen MR) is 337 cm³/mol. The maximum Gasteiger partial charge on any atom is 0.319 e. The first-order chi connectivity index (χ1) is 44.0. The molecule has 0 atom stereocenters. The highest BCUT2D eigenvalue weighted by Crippen LogP contribution is 2.51. The van der Waals surface area contributed by atoms with E-state index in [2.05, 4.69) is 22.3 Å². The van der Waals surface area contributed by atoms with Crippen LogP contribution in [0, 0.1) is 5.92 Å². The lowest BCUT2D eigenvalue weighted by Gasteiger charge is -2.46. The fraction of sp³-hybridized carbons (Fsp3) is 0.380. The molecular formula is C71H78N10O10. The molecular weight excluding hydrogens is 1150 g/mol. The van der Waals surface area contributed by atoms with Gasteiger partial charge >= 0.3 is 6.03 Å². The summed E-state index contributed by atoms with van der Waals surface area (Å²) in [6.45, 7) is 5.96. The minimum absolute atomic E-state index is 0.0137. The molecule has 6 aliphatic heterocycles. The number of hydroxylamine groups is 2. The van der Waals surface area contributed by atoms with Crippen molar-refractivity contribution in [3.8, 4) is 0 Å². The van der Waals surface area contributed by atoms with Crippen LogP contribution in [0.1, 0.15) is 160 Å². The first-order valence-electron chi connectivity index (χ1n) is 31.6. The van der Waals surface area contributed by atoms with Crippen LogP contribution in [-0.4, -0.2) is 159 Å². The summed E-state index contributed by atoms with van der Waals surface area (Å²) in [4.78, 5) is 114. The van der Waals surface area contributed by atoms with Crippen molar-refractivity contribution in [1.82, 2.24) is 50.6 Å². The lowest BCUT2D eigenvalue weighted by molar-refractivity contribution is -0.135. The van der Waals surface area contributed by atoms with E-state index in [1.165, 1.54) is 12.8 Å². The molecule has 0 radical (unpaired) electrons. The number of hydrogen-bond acceptors (Lipinski definition) is 11. The third-order valence-corrected chi connectivity index (χ3v) is 20.1. The first kappa shape index (κ1) is 62.0. The Kier molecular flexibility index (Phi) is 17.4. The van der Waals surface area contributed by atoms with Crippen LogP contribution in [0.4, 0.5) is 4.79 Å². The van der Waals surface area contributed by atoms with Crippen LogP contribution in [-0.2, 0) is 41.0 Å². The molecule has 5 fully saturated rings. The highest BCUT2D eigenvalue weighted by Gasteiger charge is 2.54. The van der Waals surface area contributed by atoms with Gasteiger partial charge in [-0.15, -0.1) is 0 Å². The monoisotopic (exact) mass is 1230 g/mol. The Bertz CT molecular complexity index is 3610. The van der Waals surface area contributed by atoms with Gasteiger partial charge in [-0.05, 0) is 152 Å². The predicted octanol–water partition coefficient (Wildman–Crippen LogP) is 8.28. The SMILES string of the molecule is CN(C)C(=O)N1CCC2(CC1)c1ccccc1C(=O)N2Cc1ccc(C(=O)NO)cc1.CNC(=O)c1ccc(CN2C(=O)c3ccccc3C23CCN(C(=O)C2CC2)CC3)cc1.O=C(NO)c1ccc(CN2C(=O)c3ccccc3C23CCN(C2CC2)CC3)cc1. The highest BCUT2D eigenvalue weighted by atomic mass is 16.5. The molecule has 20 heteroatoms. The summed E-state index contributed by atoms with van der Waals surface area (Å²) in [6, 6.07) is 45.7. The van der Waals surface area contributed by atoms with Crippen molar-refractivity contribution >= 4 is 47.4 Å². The Hall–Kier alpha value is -9.24. The zero-order chi connectivity index (χ0) is 63.8. The fourth-order valence-corrected chi connectivity index (χ4v) is 14.8. The Labute approximate surface area is 529 Å². The van der Waals surface area contributed by atoms with Gasteiger partial charge in [0.15, 0.2) is 0 Å². The zero-order valence-electron chi connectivity index (χ0n) is 51.7. The topological polar surface area (TPSA) is 236 Å². The molecule has 8 aliphatic rings. The molecule has 2 saturated carbocycles. The average molecular weight is 1230 g/mol. The number of rotatable bonds is 11. The molecule has 20 nitrogen and oxygen atoms in total. The molecule has 91 heavy (non-hydrogen) atoms. The summed E-state index contributed by atoms with van der Waals surface area (Å²) in [5.74, 6) is -0.604. The van der Waals surface area contributed by atoms with Gasteiger partial charge in [-0.3, -0.25) is 44.0 Å². The summed E-state index contributed by atoms with van der Waals surface area (Å²) in [7, 11) is 5.10. The lowest BCUT2D eigenvalue weighted by atomic mass is 9.80. The third-order valence-electron chi connectivity index (χ3n) is 20.1. The van der Waals surface area contributed by atoms with Gasteiger partial charge in [0.1, 0.15) is 0 Å². The largest absolute Gasteiger partial charge is 0.355 e. The molecule has 2 aliphatic carbocycles. The van der Waals surface area contributed by atoms with Gasteiger partial charge in [-0.1, -0.05) is 91.0 Å². The molecule has 9 amide bonds. The number of nitrogens with zero attached hydrogens (tertiary/aromatic N) is 7. The first-order valence-corrected chi connectivity index (χ1v) is 31.6. The van der Waals surface area contributed by atoms with E-state index in [1.807, 2.05) is 109 Å². The Balaban J connectivity index is 0.000000132. The van der Waals surface area contributed by atoms with E-state index in [4.69, 9.17) is 10.4 Å². The van der Waals surface area contributed by atoms with Crippen molar-refractivity contribution in [3.63, 3.8) is 0 Å². The Morgan fingerprint density at radius 3 is 1.10 bits per heavy atom. The van der Waals surface area contributed by atoms with Crippen LogP contribution in [0.3, 0.4) is 0 Å². The summed E-state index contributed by atoms with van der Waals surface area (Å²) in [6.07, 6.45) is 9.39. The molecule has 14 rings (SSSR count). The minimum Gasteiger partial charge on any atom is -0.355 e. The summed E-state index contributed by atoms with van der Waals surface area (Å²) >= 11 is 0. The van der Waals surface area contributed by atoms with E-state index in [0.29, 0.717) is 80.9 Å². The maximum atomic E-state index is 13.4. The third kappa shape index (κ3) is 11.8. The van der Waals surface area contributed by atoms with Crippen molar-refractivity contribution in [2.24, 2.45) is 5.92 Å². The number of piperidine rings is 3. The molecule has 472 valence electrons. The van der Waals surface area contributed by atoms with E-state index < -0.39 is 17.4 Å². The molecule has 0 bridgehead atoms. The van der Waals surface area contributed by atoms with E-state index in [-0.39, 0.29) is 52.6 Å². The lowest BCUT2D eigenvalue weighted by Crippen LogP contribution is -2.53. The quantitative estimate of drug-likeness (QED) is 0.0611. The second-order valence-corrected chi connectivity index (χ2v) is 25.5. The number of carbonyl (C=O) groups excluding carboxylic acids is 8. The minimum atomic E-state index is -0.578. The Morgan fingerprint density at radius 1 is 0.451 bits per heavy atom.